The van der Waals surface area contributed by atoms with Crippen LogP contribution < -0.4 is 0 Å². The summed E-state index contributed by atoms with van der Waals surface area (Å²) in [6.45, 7) is 2.15. The Morgan fingerprint density at radius 1 is 1.28 bits per heavy atom. The fourth-order valence-electron chi connectivity index (χ4n) is 2.42. The highest BCUT2D eigenvalue weighted by Gasteiger charge is 2.24. The first-order valence-corrected chi connectivity index (χ1v) is 7.76. The van der Waals surface area contributed by atoms with Crippen molar-refractivity contribution in [2.45, 2.75) is 31.1 Å². The van der Waals surface area contributed by atoms with E-state index in [0.717, 1.165) is 24.8 Å². The number of hydrogen-bond donors (Lipinski definition) is 1. The molecule has 0 atom stereocenters. The number of aliphatic hydroxyl groups excluding tert-OH is 1. The van der Waals surface area contributed by atoms with Crippen LogP contribution in [0.5, 0.6) is 0 Å². The average molecular weight is 269 g/mol. The molecule has 0 bridgehead atoms. The summed E-state index contributed by atoms with van der Waals surface area (Å²) in [4.78, 5) is 0.346. The van der Waals surface area contributed by atoms with E-state index >= 15 is 0 Å². The van der Waals surface area contributed by atoms with Crippen molar-refractivity contribution in [3.8, 4) is 0 Å². The predicted octanol–water partition coefficient (Wildman–Crippen LogP) is 1.18. The first kappa shape index (κ1) is 13.5. The molecular weight excluding hydrogens is 250 g/mol. The molecule has 100 valence electrons. The molecule has 0 radical (unpaired) electrons. The lowest BCUT2D eigenvalue weighted by Crippen LogP contribution is -2.33. The monoisotopic (exact) mass is 269 g/mol. The van der Waals surface area contributed by atoms with Crippen molar-refractivity contribution in [3.05, 3.63) is 29.3 Å². The van der Waals surface area contributed by atoms with Crippen LogP contribution in [-0.4, -0.2) is 37.5 Å². The Morgan fingerprint density at radius 2 is 2.00 bits per heavy atom. The fraction of sp³-hybridized carbons (Fsp3) is 0.538. The van der Waals surface area contributed by atoms with Gasteiger partial charge in [-0.25, -0.2) is 8.42 Å². The van der Waals surface area contributed by atoms with Gasteiger partial charge in [-0.1, -0.05) is 13.0 Å². The lowest BCUT2D eigenvalue weighted by atomic mass is 10.1. The molecule has 1 N–H and O–H groups in total. The van der Waals surface area contributed by atoms with E-state index in [2.05, 4.69) is 0 Å². The number of fused-ring (bicyclic) bond motifs is 1. The summed E-state index contributed by atoms with van der Waals surface area (Å²) in [6.07, 6.45) is 3.11. The third-order valence-corrected chi connectivity index (χ3v) is 5.38. The van der Waals surface area contributed by atoms with E-state index in [1.54, 1.807) is 19.1 Å². The topological polar surface area (TPSA) is 57.6 Å². The molecule has 1 aromatic carbocycles. The van der Waals surface area contributed by atoms with E-state index < -0.39 is 10.0 Å². The quantitative estimate of drug-likeness (QED) is 0.873. The van der Waals surface area contributed by atoms with Gasteiger partial charge in [0.2, 0.25) is 10.0 Å². The highest BCUT2D eigenvalue weighted by Crippen LogP contribution is 2.26. The number of rotatable bonds is 5. The van der Waals surface area contributed by atoms with Crippen molar-refractivity contribution in [1.29, 1.82) is 0 Å². The normalized spacial score (nSPS) is 15.1. The number of sulfonamides is 1. The maximum atomic E-state index is 12.4. The predicted molar refractivity (Wildman–Crippen MR) is 70.0 cm³/mol. The Kier molecular flexibility index (Phi) is 4.04. The van der Waals surface area contributed by atoms with Crippen molar-refractivity contribution >= 4 is 10.0 Å². The Labute approximate surface area is 108 Å². The van der Waals surface area contributed by atoms with Crippen LogP contribution in [-0.2, 0) is 22.9 Å². The number of nitrogens with zero attached hydrogens (tertiary/aromatic N) is 1. The molecule has 0 aliphatic heterocycles. The Hall–Kier alpha value is -0.910. The van der Waals surface area contributed by atoms with Crippen molar-refractivity contribution in [2.24, 2.45) is 0 Å². The minimum atomic E-state index is -3.46. The molecule has 0 saturated carbocycles. The molecule has 0 amide bonds. The average Bonchev–Trinajstić information content (AvgIpc) is 2.82. The van der Waals surface area contributed by atoms with Crippen LogP contribution in [0.25, 0.3) is 0 Å². The summed E-state index contributed by atoms with van der Waals surface area (Å²) in [5.41, 5.74) is 2.41. The lowest BCUT2D eigenvalue weighted by molar-refractivity contribution is 0.257. The first-order chi connectivity index (χ1) is 8.59. The SMILES string of the molecule is CCN(CCO)S(=O)(=O)c1ccc2c(c1)CCC2. The number of likely N-dealkylation sites (N-methyl/N-ethyl adjacent to an activating group) is 1. The van der Waals surface area contributed by atoms with E-state index in [0.29, 0.717) is 11.4 Å². The third-order valence-electron chi connectivity index (χ3n) is 3.41. The van der Waals surface area contributed by atoms with Crippen molar-refractivity contribution in [2.75, 3.05) is 19.7 Å². The van der Waals surface area contributed by atoms with Crippen LogP contribution in [0.2, 0.25) is 0 Å². The van der Waals surface area contributed by atoms with Crippen molar-refractivity contribution in [3.63, 3.8) is 0 Å². The number of hydrogen-bond acceptors (Lipinski definition) is 3. The van der Waals surface area contributed by atoms with Gasteiger partial charge in [0.1, 0.15) is 0 Å². The van der Waals surface area contributed by atoms with Crippen LogP contribution in [0.4, 0.5) is 0 Å². The van der Waals surface area contributed by atoms with Gasteiger partial charge in [-0.15, -0.1) is 0 Å². The molecule has 18 heavy (non-hydrogen) atoms. The smallest absolute Gasteiger partial charge is 0.243 e. The zero-order chi connectivity index (χ0) is 13.2. The lowest BCUT2D eigenvalue weighted by Gasteiger charge is -2.19. The Bertz CT molecular complexity index is 525. The molecule has 0 aromatic heterocycles. The zero-order valence-electron chi connectivity index (χ0n) is 10.6. The molecule has 0 unspecified atom stereocenters. The Balaban J connectivity index is 2.35. The van der Waals surface area contributed by atoms with Crippen molar-refractivity contribution in [1.82, 2.24) is 4.31 Å². The highest BCUT2D eigenvalue weighted by molar-refractivity contribution is 7.89. The summed E-state index contributed by atoms with van der Waals surface area (Å²) in [5, 5.41) is 8.93. The van der Waals surface area contributed by atoms with Gasteiger partial charge >= 0.3 is 0 Å². The standard InChI is InChI=1S/C13H19NO3S/c1-2-14(8-9-15)18(16,17)13-7-6-11-4-3-5-12(11)10-13/h6-7,10,15H,2-5,8-9H2,1H3. The molecule has 1 aliphatic carbocycles. The molecular formula is C13H19NO3S. The molecule has 0 fully saturated rings. The van der Waals surface area contributed by atoms with Crippen LogP contribution >= 0.6 is 0 Å². The van der Waals surface area contributed by atoms with Gasteiger partial charge < -0.3 is 5.11 Å². The van der Waals surface area contributed by atoms with Crippen LogP contribution in [0, 0.1) is 0 Å². The molecule has 1 aliphatic rings. The minimum Gasteiger partial charge on any atom is -0.395 e. The summed E-state index contributed by atoms with van der Waals surface area (Å²) in [6, 6.07) is 5.39. The largest absolute Gasteiger partial charge is 0.395 e. The molecule has 0 spiro atoms. The highest BCUT2D eigenvalue weighted by atomic mass is 32.2. The summed E-state index contributed by atoms with van der Waals surface area (Å²) < 4.78 is 26.0. The maximum Gasteiger partial charge on any atom is 0.243 e. The number of benzene rings is 1. The van der Waals surface area contributed by atoms with E-state index in [-0.39, 0.29) is 13.2 Å². The minimum absolute atomic E-state index is 0.149. The van der Waals surface area contributed by atoms with Gasteiger partial charge in [0.15, 0.2) is 0 Å². The number of aryl methyl sites for hydroxylation is 2. The van der Waals surface area contributed by atoms with E-state index in [9.17, 15) is 8.42 Å². The first-order valence-electron chi connectivity index (χ1n) is 6.32. The van der Waals surface area contributed by atoms with E-state index in [1.807, 2.05) is 6.07 Å². The van der Waals surface area contributed by atoms with Crippen molar-refractivity contribution < 1.29 is 13.5 Å². The zero-order valence-corrected chi connectivity index (χ0v) is 11.4. The molecule has 0 saturated heterocycles. The van der Waals surface area contributed by atoms with E-state index in [4.69, 9.17) is 5.11 Å². The van der Waals surface area contributed by atoms with Gasteiger partial charge in [0, 0.05) is 13.1 Å². The molecule has 4 nitrogen and oxygen atoms in total. The van der Waals surface area contributed by atoms with Crippen LogP contribution in [0.3, 0.4) is 0 Å². The second-order valence-corrected chi connectivity index (χ2v) is 6.44. The van der Waals surface area contributed by atoms with Gasteiger partial charge in [0.05, 0.1) is 11.5 Å². The van der Waals surface area contributed by atoms with Gasteiger partial charge in [0.25, 0.3) is 0 Å². The Morgan fingerprint density at radius 3 is 2.67 bits per heavy atom. The fourth-order valence-corrected chi connectivity index (χ4v) is 3.91. The van der Waals surface area contributed by atoms with E-state index in [1.165, 1.54) is 9.87 Å². The second kappa shape index (κ2) is 5.38. The third kappa shape index (κ3) is 2.43. The summed E-state index contributed by atoms with van der Waals surface area (Å²) in [7, 11) is -3.46. The molecule has 0 heterocycles. The van der Waals surface area contributed by atoms with Crippen LogP contribution in [0.1, 0.15) is 24.5 Å². The molecule has 2 rings (SSSR count). The van der Waals surface area contributed by atoms with Gasteiger partial charge in [-0.05, 0) is 42.5 Å². The summed E-state index contributed by atoms with van der Waals surface area (Å²) >= 11 is 0. The van der Waals surface area contributed by atoms with Gasteiger partial charge in [-0.2, -0.15) is 4.31 Å². The summed E-state index contributed by atoms with van der Waals surface area (Å²) in [5.74, 6) is 0. The molecule has 1 aromatic rings. The molecule has 5 heteroatoms. The second-order valence-electron chi connectivity index (χ2n) is 4.50. The maximum absolute atomic E-state index is 12.4. The van der Waals surface area contributed by atoms with Gasteiger partial charge in [-0.3, -0.25) is 0 Å². The number of aliphatic hydroxyl groups is 1. The van der Waals surface area contributed by atoms with Crippen LogP contribution in [0.15, 0.2) is 23.1 Å².